The minimum Gasteiger partial charge on any atom is -0.508 e. The Hall–Kier alpha value is -2.00. The second kappa shape index (κ2) is 5.56. The summed E-state index contributed by atoms with van der Waals surface area (Å²) in [5.41, 5.74) is 2.44. The van der Waals surface area contributed by atoms with E-state index in [-0.39, 0.29) is 5.75 Å². The van der Waals surface area contributed by atoms with Crippen LogP contribution in [0.25, 0.3) is 0 Å². The molecule has 18 heavy (non-hydrogen) atoms. The van der Waals surface area contributed by atoms with Gasteiger partial charge in [-0.3, -0.25) is 0 Å². The Bertz CT molecular complexity index is 500. The van der Waals surface area contributed by atoms with Gasteiger partial charge in [-0.1, -0.05) is 28.9 Å². The Morgan fingerprint density at radius 2 is 1.50 bits per heavy atom. The van der Waals surface area contributed by atoms with Crippen LogP contribution < -0.4 is 0 Å². The van der Waals surface area contributed by atoms with Gasteiger partial charge < -0.3 is 9.94 Å². The van der Waals surface area contributed by atoms with Gasteiger partial charge in [0.05, 0.1) is 0 Å². The Morgan fingerprint density at radius 1 is 1.00 bits per heavy atom. The number of hydrogen-bond donors (Lipinski definition) is 1. The average molecular weight is 262 g/mol. The predicted molar refractivity (Wildman–Crippen MR) is 72.2 cm³/mol. The highest BCUT2D eigenvalue weighted by Gasteiger charge is 2.08. The van der Waals surface area contributed by atoms with E-state index < -0.39 is 0 Å². The molecule has 2 aromatic rings. The van der Waals surface area contributed by atoms with Crippen LogP contribution in [0.15, 0.2) is 53.7 Å². The molecule has 0 bridgehead atoms. The summed E-state index contributed by atoms with van der Waals surface area (Å²) >= 11 is 5.86. The first kappa shape index (κ1) is 12.5. The fourth-order valence-electron chi connectivity index (χ4n) is 1.59. The van der Waals surface area contributed by atoms with E-state index in [0.29, 0.717) is 10.7 Å². The highest BCUT2D eigenvalue weighted by molar-refractivity contribution is 6.30. The number of rotatable bonds is 3. The lowest BCUT2D eigenvalue weighted by Crippen LogP contribution is -2.03. The van der Waals surface area contributed by atoms with Crippen molar-refractivity contribution in [2.24, 2.45) is 5.16 Å². The van der Waals surface area contributed by atoms with Gasteiger partial charge in [0, 0.05) is 16.1 Å². The maximum absolute atomic E-state index is 9.29. The van der Waals surface area contributed by atoms with Crippen LogP contribution in [0.1, 0.15) is 11.1 Å². The molecular formula is C14H12ClNO2. The smallest absolute Gasteiger partial charge is 0.117 e. The number of aromatic hydroxyl groups is 1. The van der Waals surface area contributed by atoms with Gasteiger partial charge in [0.25, 0.3) is 0 Å². The monoisotopic (exact) mass is 261 g/mol. The van der Waals surface area contributed by atoms with Gasteiger partial charge in [-0.25, -0.2) is 0 Å². The Balaban J connectivity index is 2.43. The zero-order valence-electron chi connectivity index (χ0n) is 9.80. The molecule has 3 nitrogen and oxygen atoms in total. The van der Waals surface area contributed by atoms with Crippen LogP contribution in [0.5, 0.6) is 5.75 Å². The number of hydrogen-bond acceptors (Lipinski definition) is 3. The SMILES string of the molecule is CON=C(c1ccc(O)cc1)c1ccc(Cl)cc1. The molecule has 0 spiro atoms. The van der Waals surface area contributed by atoms with Crippen molar-refractivity contribution in [3.8, 4) is 5.75 Å². The van der Waals surface area contributed by atoms with Gasteiger partial charge >= 0.3 is 0 Å². The maximum Gasteiger partial charge on any atom is 0.117 e. The van der Waals surface area contributed by atoms with Gasteiger partial charge in [0.15, 0.2) is 0 Å². The van der Waals surface area contributed by atoms with Crippen LogP contribution in [0, 0.1) is 0 Å². The Kier molecular flexibility index (Phi) is 3.85. The van der Waals surface area contributed by atoms with Gasteiger partial charge in [-0.05, 0) is 36.4 Å². The van der Waals surface area contributed by atoms with E-state index in [2.05, 4.69) is 5.16 Å². The highest BCUT2D eigenvalue weighted by Crippen LogP contribution is 2.17. The summed E-state index contributed by atoms with van der Waals surface area (Å²) < 4.78 is 0. The van der Waals surface area contributed by atoms with Crippen molar-refractivity contribution >= 4 is 17.3 Å². The molecule has 0 aliphatic carbocycles. The molecule has 2 rings (SSSR count). The zero-order chi connectivity index (χ0) is 13.0. The molecule has 4 heteroatoms. The molecule has 0 aromatic heterocycles. The van der Waals surface area contributed by atoms with E-state index in [1.165, 1.54) is 7.11 Å². The standard InChI is InChI=1S/C14H12ClNO2/c1-18-16-14(10-2-6-12(15)7-3-10)11-4-8-13(17)9-5-11/h2-9,17H,1H3. The van der Waals surface area contributed by atoms with Crippen molar-refractivity contribution in [2.45, 2.75) is 0 Å². The summed E-state index contributed by atoms with van der Waals surface area (Å²) in [5, 5.41) is 14.0. The minimum absolute atomic E-state index is 0.214. The van der Waals surface area contributed by atoms with Crippen LogP contribution in [0.2, 0.25) is 5.02 Å². The van der Waals surface area contributed by atoms with Gasteiger partial charge in [0.2, 0.25) is 0 Å². The molecule has 0 radical (unpaired) electrons. The number of oxime groups is 1. The molecule has 0 aliphatic rings. The van der Waals surface area contributed by atoms with E-state index in [4.69, 9.17) is 16.4 Å². The molecular weight excluding hydrogens is 250 g/mol. The molecule has 0 saturated heterocycles. The van der Waals surface area contributed by atoms with E-state index >= 15 is 0 Å². The third-order valence-corrected chi connectivity index (χ3v) is 2.69. The number of benzene rings is 2. The van der Waals surface area contributed by atoms with Crippen LogP contribution in [0.3, 0.4) is 0 Å². The van der Waals surface area contributed by atoms with E-state index in [1.54, 1.807) is 36.4 Å². The fourth-order valence-corrected chi connectivity index (χ4v) is 1.72. The predicted octanol–water partition coefficient (Wildman–Crippen LogP) is 3.44. The normalized spacial score (nSPS) is 11.3. The topological polar surface area (TPSA) is 41.8 Å². The number of nitrogens with zero attached hydrogens (tertiary/aromatic N) is 1. The molecule has 2 aromatic carbocycles. The van der Waals surface area contributed by atoms with Crippen molar-refractivity contribution in [3.05, 3.63) is 64.7 Å². The highest BCUT2D eigenvalue weighted by atomic mass is 35.5. The second-order valence-electron chi connectivity index (χ2n) is 3.68. The first-order valence-electron chi connectivity index (χ1n) is 5.37. The van der Waals surface area contributed by atoms with Crippen LogP contribution in [-0.4, -0.2) is 17.9 Å². The van der Waals surface area contributed by atoms with Gasteiger partial charge in [0.1, 0.15) is 18.6 Å². The van der Waals surface area contributed by atoms with E-state index in [1.807, 2.05) is 12.1 Å². The third kappa shape index (κ3) is 2.81. The lowest BCUT2D eigenvalue weighted by molar-refractivity contribution is 0.214. The molecule has 0 saturated carbocycles. The lowest BCUT2D eigenvalue weighted by Gasteiger charge is -2.06. The summed E-state index contributed by atoms with van der Waals surface area (Å²) in [5.74, 6) is 0.214. The summed E-state index contributed by atoms with van der Waals surface area (Å²) in [6.45, 7) is 0. The number of halogens is 1. The molecule has 0 aliphatic heterocycles. The minimum atomic E-state index is 0.214. The molecule has 0 fully saturated rings. The third-order valence-electron chi connectivity index (χ3n) is 2.44. The van der Waals surface area contributed by atoms with Crippen LogP contribution >= 0.6 is 11.6 Å². The first-order valence-corrected chi connectivity index (χ1v) is 5.75. The van der Waals surface area contributed by atoms with Gasteiger partial charge in [-0.2, -0.15) is 0 Å². The van der Waals surface area contributed by atoms with E-state index in [9.17, 15) is 5.11 Å². The molecule has 0 heterocycles. The zero-order valence-corrected chi connectivity index (χ0v) is 10.6. The molecule has 0 amide bonds. The summed E-state index contributed by atoms with van der Waals surface area (Å²) in [7, 11) is 1.50. The molecule has 92 valence electrons. The summed E-state index contributed by atoms with van der Waals surface area (Å²) in [4.78, 5) is 4.87. The summed E-state index contributed by atoms with van der Waals surface area (Å²) in [6, 6.07) is 14.1. The van der Waals surface area contributed by atoms with Crippen LogP contribution in [-0.2, 0) is 4.84 Å². The van der Waals surface area contributed by atoms with Crippen LogP contribution in [0.4, 0.5) is 0 Å². The largest absolute Gasteiger partial charge is 0.508 e. The first-order chi connectivity index (χ1) is 8.70. The second-order valence-corrected chi connectivity index (χ2v) is 4.11. The average Bonchev–Trinajstić information content (AvgIpc) is 2.39. The number of phenolic OH excluding ortho intramolecular Hbond substituents is 1. The van der Waals surface area contributed by atoms with Crippen molar-refractivity contribution in [2.75, 3.05) is 7.11 Å². The van der Waals surface area contributed by atoms with Crippen molar-refractivity contribution in [1.29, 1.82) is 0 Å². The Labute approximate surface area is 110 Å². The molecule has 0 unspecified atom stereocenters. The molecule has 1 N–H and O–H groups in total. The lowest BCUT2D eigenvalue weighted by atomic mass is 10.0. The van der Waals surface area contributed by atoms with Crippen molar-refractivity contribution in [1.82, 2.24) is 0 Å². The summed E-state index contributed by atoms with van der Waals surface area (Å²) in [6.07, 6.45) is 0. The van der Waals surface area contributed by atoms with E-state index in [0.717, 1.165) is 11.1 Å². The maximum atomic E-state index is 9.29. The molecule has 0 atom stereocenters. The number of phenols is 1. The van der Waals surface area contributed by atoms with Crippen molar-refractivity contribution in [3.63, 3.8) is 0 Å². The van der Waals surface area contributed by atoms with Crippen molar-refractivity contribution < 1.29 is 9.94 Å². The fraction of sp³-hybridized carbons (Fsp3) is 0.0714. The quantitative estimate of drug-likeness (QED) is 0.679. The van der Waals surface area contributed by atoms with Gasteiger partial charge in [-0.15, -0.1) is 0 Å². The Morgan fingerprint density at radius 3 is 2.00 bits per heavy atom.